The molecule has 0 aromatic heterocycles. The predicted molar refractivity (Wildman–Crippen MR) is 40.4 cm³/mol. The molecule has 0 heterocycles. The molecule has 0 aromatic carbocycles. The Kier molecular flexibility index (Phi) is 4.60. The molecule has 0 spiro atoms. The van der Waals surface area contributed by atoms with Crippen molar-refractivity contribution in [1.82, 2.24) is 0 Å². The van der Waals surface area contributed by atoms with Crippen LogP contribution in [0.3, 0.4) is 0 Å². The summed E-state index contributed by atoms with van der Waals surface area (Å²) in [5.41, 5.74) is 5.55. The Labute approximate surface area is 62.2 Å². The third-order valence-corrected chi connectivity index (χ3v) is 1.35. The molecule has 0 saturated carbocycles. The van der Waals surface area contributed by atoms with Gasteiger partial charge in [-0.25, -0.2) is 0 Å². The fraction of sp³-hybridized carbons (Fsp3) is 1.00. The first-order chi connectivity index (χ1) is 4.57. The maximum absolute atomic E-state index is 9.03. The van der Waals surface area contributed by atoms with E-state index in [-0.39, 0.29) is 6.04 Å². The molecular weight excluding hydrogens is 130 g/mol. The van der Waals surface area contributed by atoms with Crippen molar-refractivity contribution in [1.29, 1.82) is 0 Å². The van der Waals surface area contributed by atoms with Gasteiger partial charge in [0, 0.05) is 7.11 Å². The average molecular weight is 147 g/mol. The Morgan fingerprint density at radius 2 is 2.00 bits per heavy atom. The standard InChI is InChI=1S/C7H17NO2/c1-5(2)4-6(8)7(9)10-3/h5-7,9H,4,8H2,1-3H3. The lowest BCUT2D eigenvalue weighted by Crippen LogP contribution is -2.36. The van der Waals surface area contributed by atoms with Gasteiger partial charge in [-0.2, -0.15) is 0 Å². The molecule has 3 N–H and O–H groups in total. The highest BCUT2D eigenvalue weighted by Crippen LogP contribution is 2.05. The SMILES string of the molecule is COC(O)C(N)CC(C)C. The zero-order chi connectivity index (χ0) is 8.15. The summed E-state index contributed by atoms with van der Waals surface area (Å²) >= 11 is 0. The van der Waals surface area contributed by atoms with Crippen LogP contribution in [0.5, 0.6) is 0 Å². The topological polar surface area (TPSA) is 55.5 Å². The van der Waals surface area contributed by atoms with Crippen LogP contribution < -0.4 is 5.73 Å². The molecule has 0 aliphatic carbocycles. The second kappa shape index (κ2) is 4.66. The van der Waals surface area contributed by atoms with Crippen LogP contribution in [0.4, 0.5) is 0 Å². The lowest BCUT2D eigenvalue weighted by molar-refractivity contribution is -0.0923. The van der Waals surface area contributed by atoms with E-state index in [1.807, 2.05) is 0 Å². The molecule has 0 fully saturated rings. The quantitative estimate of drug-likeness (QED) is 0.563. The van der Waals surface area contributed by atoms with E-state index in [9.17, 15) is 0 Å². The van der Waals surface area contributed by atoms with Crippen LogP contribution >= 0.6 is 0 Å². The van der Waals surface area contributed by atoms with Crippen LogP contribution in [0, 0.1) is 5.92 Å². The summed E-state index contributed by atoms with van der Waals surface area (Å²) in [6, 6.07) is -0.259. The van der Waals surface area contributed by atoms with Crippen molar-refractivity contribution >= 4 is 0 Å². The number of rotatable bonds is 4. The van der Waals surface area contributed by atoms with Gasteiger partial charge < -0.3 is 15.6 Å². The molecule has 3 nitrogen and oxygen atoms in total. The van der Waals surface area contributed by atoms with E-state index in [4.69, 9.17) is 10.8 Å². The first-order valence-corrected chi connectivity index (χ1v) is 3.54. The smallest absolute Gasteiger partial charge is 0.169 e. The summed E-state index contributed by atoms with van der Waals surface area (Å²) in [4.78, 5) is 0. The molecule has 3 heteroatoms. The van der Waals surface area contributed by atoms with Crippen molar-refractivity contribution in [3.63, 3.8) is 0 Å². The molecule has 0 bridgehead atoms. The van der Waals surface area contributed by atoms with E-state index in [2.05, 4.69) is 18.6 Å². The van der Waals surface area contributed by atoms with Crippen molar-refractivity contribution in [3.05, 3.63) is 0 Å². The molecule has 0 amide bonds. The van der Waals surface area contributed by atoms with Crippen LogP contribution in [0.1, 0.15) is 20.3 Å². The van der Waals surface area contributed by atoms with Crippen LogP contribution in [-0.4, -0.2) is 24.5 Å². The van der Waals surface area contributed by atoms with E-state index in [0.29, 0.717) is 5.92 Å². The third-order valence-electron chi connectivity index (χ3n) is 1.35. The van der Waals surface area contributed by atoms with Crippen molar-refractivity contribution in [2.45, 2.75) is 32.6 Å². The van der Waals surface area contributed by atoms with Crippen LogP contribution in [0.2, 0.25) is 0 Å². The first-order valence-electron chi connectivity index (χ1n) is 3.54. The monoisotopic (exact) mass is 147 g/mol. The summed E-state index contributed by atoms with van der Waals surface area (Å²) in [7, 11) is 1.45. The normalized spacial score (nSPS) is 17.4. The van der Waals surface area contributed by atoms with Gasteiger partial charge in [-0.05, 0) is 12.3 Å². The maximum Gasteiger partial charge on any atom is 0.169 e. The van der Waals surface area contributed by atoms with Gasteiger partial charge in [0.05, 0.1) is 6.04 Å². The molecule has 0 rings (SSSR count). The molecule has 0 aliphatic heterocycles. The highest BCUT2D eigenvalue weighted by Gasteiger charge is 2.14. The molecule has 0 saturated heterocycles. The zero-order valence-electron chi connectivity index (χ0n) is 6.87. The predicted octanol–water partition coefficient (Wildman–Crippen LogP) is 0.325. The Bertz CT molecular complexity index is 85.7. The highest BCUT2D eigenvalue weighted by molar-refractivity contribution is 4.65. The van der Waals surface area contributed by atoms with Crippen molar-refractivity contribution < 1.29 is 9.84 Å². The van der Waals surface area contributed by atoms with E-state index in [0.717, 1.165) is 6.42 Å². The fourth-order valence-corrected chi connectivity index (χ4v) is 0.836. The van der Waals surface area contributed by atoms with E-state index < -0.39 is 6.29 Å². The first kappa shape index (κ1) is 9.88. The second-order valence-corrected chi connectivity index (χ2v) is 2.92. The third kappa shape index (κ3) is 3.82. The molecular formula is C7H17NO2. The minimum absolute atomic E-state index is 0.259. The van der Waals surface area contributed by atoms with Gasteiger partial charge >= 0.3 is 0 Å². The van der Waals surface area contributed by atoms with Gasteiger partial charge in [0.2, 0.25) is 0 Å². The number of aliphatic hydroxyl groups excluding tert-OH is 1. The maximum atomic E-state index is 9.03. The largest absolute Gasteiger partial charge is 0.367 e. The molecule has 62 valence electrons. The molecule has 10 heavy (non-hydrogen) atoms. The Balaban J connectivity index is 3.50. The van der Waals surface area contributed by atoms with Gasteiger partial charge in [-0.15, -0.1) is 0 Å². The van der Waals surface area contributed by atoms with Crippen molar-refractivity contribution in [2.24, 2.45) is 11.7 Å². The number of ether oxygens (including phenoxy) is 1. The molecule has 0 aliphatic rings. The molecule has 2 atom stereocenters. The molecule has 0 radical (unpaired) electrons. The van der Waals surface area contributed by atoms with Crippen molar-refractivity contribution in [2.75, 3.05) is 7.11 Å². The summed E-state index contributed by atoms with van der Waals surface area (Å²) in [6.07, 6.45) is -0.0305. The Morgan fingerprint density at radius 1 is 1.50 bits per heavy atom. The van der Waals surface area contributed by atoms with Gasteiger partial charge in [-0.3, -0.25) is 0 Å². The summed E-state index contributed by atoms with van der Waals surface area (Å²) in [6.45, 7) is 4.12. The minimum atomic E-state index is -0.817. The second-order valence-electron chi connectivity index (χ2n) is 2.92. The van der Waals surface area contributed by atoms with E-state index >= 15 is 0 Å². The average Bonchev–Trinajstić information content (AvgIpc) is 1.85. The van der Waals surface area contributed by atoms with Crippen molar-refractivity contribution in [3.8, 4) is 0 Å². The summed E-state index contributed by atoms with van der Waals surface area (Å²) < 4.78 is 4.64. The zero-order valence-corrected chi connectivity index (χ0v) is 6.87. The Morgan fingerprint density at radius 3 is 2.30 bits per heavy atom. The van der Waals surface area contributed by atoms with E-state index in [1.54, 1.807) is 0 Å². The van der Waals surface area contributed by atoms with E-state index in [1.165, 1.54) is 7.11 Å². The number of hydrogen-bond donors (Lipinski definition) is 2. The lowest BCUT2D eigenvalue weighted by atomic mass is 10.0. The Hall–Kier alpha value is -0.120. The summed E-state index contributed by atoms with van der Waals surface area (Å²) in [5, 5.41) is 9.03. The minimum Gasteiger partial charge on any atom is -0.367 e. The fourth-order valence-electron chi connectivity index (χ4n) is 0.836. The van der Waals surface area contributed by atoms with Crippen LogP contribution in [-0.2, 0) is 4.74 Å². The lowest BCUT2D eigenvalue weighted by Gasteiger charge is -2.18. The number of hydrogen-bond acceptors (Lipinski definition) is 3. The highest BCUT2D eigenvalue weighted by atomic mass is 16.6. The van der Waals surface area contributed by atoms with Crippen LogP contribution in [0.25, 0.3) is 0 Å². The van der Waals surface area contributed by atoms with Gasteiger partial charge in [0.1, 0.15) is 0 Å². The molecule has 0 aromatic rings. The number of methoxy groups -OCH3 is 1. The van der Waals surface area contributed by atoms with Crippen LogP contribution in [0.15, 0.2) is 0 Å². The summed E-state index contributed by atoms with van der Waals surface area (Å²) in [5.74, 6) is 0.500. The number of aliphatic hydroxyl groups is 1. The van der Waals surface area contributed by atoms with Gasteiger partial charge in [0.25, 0.3) is 0 Å². The number of nitrogens with two attached hydrogens (primary N) is 1. The van der Waals surface area contributed by atoms with Gasteiger partial charge in [-0.1, -0.05) is 13.8 Å². The molecule has 2 unspecified atom stereocenters. The van der Waals surface area contributed by atoms with Gasteiger partial charge in [0.15, 0.2) is 6.29 Å².